The van der Waals surface area contributed by atoms with Gasteiger partial charge in [-0.2, -0.15) is 5.48 Å². The average Bonchev–Trinajstić information content (AvgIpc) is 2.86. The lowest BCUT2D eigenvalue weighted by atomic mass is 9.89. The molecular weight excluding hydrogens is 214 g/mol. The minimum absolute atomic E-state index is 0.268. The third kappa shape index (κ3) is 1.30. The summed E-state index contributed by atoms with van der Waals surface area (Å²) in [5.41, 5.74) is 4.37. The van der Waals surface area contributed by atoms with Crippen molar-refractivity contribution in [2.75, 3.05) is 13.2 Å². The van der Waals surface area contributed by atoms with Crippen LogP contribution in [0.4, 0.5) is 0 Å². The zero-order valence-corrected chi connectivity index (χ0v) is 9.35. The largest absolute Gasteiger partial charge is 0.493 e. The Hall–Kier alpha value is -1.58. The molecule has 1 N–H and O–H groups in total. The average molecular weight is 227 g/mol. The summed E-state index contributed by atoms with van der Waals surface area (Å²) in [5.74, 6) is 1.41. The van der Waals surface area contributed by atoms with Crippen molar-refractivity contribution in [2.24, 2.45) is 5.92 Å². The van der Waals surface area contributed by atoms with Crippen molar-refractivity contribution >= 4 is 10.8 Å². The third-order valence-corrected chi connectivity index (χ3v) is 3.67. The minimum atomic E-state index is 0.268. The zero-order chi connectivity index (χ0) is 11.2. The molecule has 17 heavy (non-hydrogen) atoms. The second-order valence-corrected chi connectivity index (χ2v) is 4.68. The summed E-state index contributed by atoms with van der Waals surface area (Å²) in [5, 5.41) is 2.52. The van der Waals surface area contributed by atoms with Gasteiger partial charge in [0.2, 0.25) is 0 Å². The van der Waals surface area contributed by atoms with Crippen LogP contribution in [0.15, 0.2) is 36.4 Å². The van der Waals surface area contributed by atoms with E-state index in [1.807, 2.05) is 0 Å². The number of hydroxylamine groups is 1. The molecule has 0 saturated carbocycles. The van der Waals surface area contributed by atoms with E-state index >= 15 is 0 Å². The molecule has 2 aliphatic rings. The minimum Gasteiger partial charge on any atom is -0.493 e. The number of hydrogen-bond acceptors (Lipinski definition) is 3. The van der Waals surface area contributed by atoms with E-state index in [4.69, 9.17) is 9.57 Å². The zero-order valence-electron chi connectivity index (χ0n) is 9.35. The molecule has 0 bridgehead atoms. The maximum absolute atomic E-state index is 5.83. The standard InChI is InChI=1S/C14H13NO2/c1-2-4-11-9(3-1)5-6-12-13(11)14-10(7-16-12)8-17-15-14/h1-6,10,14-15H,7-8H2/t10-,14+/m1/s1. The van der Waals surface area contributed by atoms with Crippen LogP contribution in [0.25, 0.3) is 10.8 Å². The van der Waals surface area contributed by atoms with E-state index in [9.17, 15) is 0 Å². The monoisotopic (exact) mass is 227 g/mol. The van der Waals surface area contributed by atoms with E-state index in [1.54, 1.807) is 0 Å². The summed E-state index contributed by atoms with van der Waals surface area (Å²) >= 11 is 0. The first-order valence-electron chi connectivity index (χ1n) is 5.95. The molecule has 3 heteroatoms. The summed E-state index contributed by atoms with van der Waals surface area (Å²) in [6.45, 7) is 1.47. The number of benzene rings is 2. The van der Waals surface area contributed by atoms with Crippen LogP contribution in [0.1, 0.15) is 11.6 Å². The molecule has 2 atom stereocenters. The van der Waals surface area contributed by atoms with Crippen molar-refractivity contribution in [3.63, 3.8) is 0 Å². The van der Waals surface area contributed by atoms with E-state index in [0.29, 0.717) is 5.92 Å². The molecule has 3 nitrogen and oxygen atoms in total. The lowest BCUT2D eigenvalue weighted by Crippen LogP contribution is -2.28. The fourth-order valence-corrected chi connectivity index (χ4v) is 2.80. The predicted octanol–water partition coefficient (Wildman–Crippen LogP) is 2.42. The third-order valence-electron chi connectivity index (χ3n) is 3.67. The highest BCUT2D eigenvalue weighted by Crippen LogP contribution is 2.42. The highest BCUT2D eigenvalue weighted by molar-refractivity contribution is 5.88. The molecule has 2 aliphatic heterocycles. The van der Waals surface area contributed by atoms with Crippen LogP contribution in [-0.4, -0.2) is 13.2 Å². The van der Waals surface area contributed by atoms with Gasteiger partial charge in [-0.25, -0.2) is 0 Å². The second-order valence-electron chi connectivity index (χ2n) is 4.68. The molecule has 2 aromatic rings. The molecule has 0 radical (unpaired) electrons. The van der Waals surface area contributed by atoms with Gasteiger partial charge in [-0.1, -0.05) is 30.3 Å². The van der Waals surface area contributed by atoms with Gasteiger partial charge in [0.05, 0.1) is 19.3 Å². The molecule has 0 unspecified atom stereocenters. The van der Waals surface area contributed by atoms with Gasteiger partial charge in [-0.3, -0.25) is 0 Å². The molecule has 2 aromatic carbocycles. The molecule has 1 fully saturated rings. The first kappa shape index (κ1) is 9.45. The van der Waals surface area contributed by atoms with Crippen molar-refractivity contribution in [3.05, 3.63) is 42.0 Å². The predicted molar refractivity (Wildman–Crippen MR) is 64.8 cm³/mol. The lowest BCUT2D eigenvalue weighted by molar-refractivity contribution is 0.0863. The fraction of sp³-hybridized carbons (Fsp3) is 0.286. The Morgan fingerprint density at radius 2 is 2.00 bits per heavy atom. The topological polar surface area (TPSA) is 30.5 Å². The second kappa shape index (κ2) is 3.45. The van der Waals surface area contributed by atoms with Gasteiger partial charge in [0.1, 0.15) is 5.75 Å². The molecule has 86 valence electrons. The number of nitrogens with one attached hydrogen (secondary N) is 1. The molecule has 2 heterocycles. The van der Waals surface area contributed by atoms with E-state index in [-0.39, 0.29) is 6.04 Å². The van der Waals surface area contributed by atoms with Crippen molar-refractivity contribution in [3.8, 4) is 5.75 Å². The van der Waals surface area contributed by atoms with Crippen LogP contribution in [0.3, 0.4) is 0 Å². The number of hydrogen-bond donors (Lipinski definition) is 1. The molecule has 0 aromatic heterocycles. The maximum Gasteiger partial charge on any atom is 0.124 e. The Labute approximate surface area is 99.3 Å². The van der Waals surface area contributed by atoms with Gasteiger partial charge in [0.25, 0.3) is 0 Å². The van der Waals surface area contributed by atoms with E-state index in [2.05, 4.69) is 41.9 Å². The van der Waals surface area contributed by atoms with Crippen LogP contribution in [-0.2, 0) is 4.84 Å². The van der Waals surface area contributed by atoms with Crippen LogP contribution in [0.5, 0.6) is 5.75 Å². The van der Waals surface area contributed by atoms with Gasteiger partial charge in [-0.15, -0.1) is 0 Å². The summed E-state index contributed by atoms with van der Waals surface area (Å²) in [7, 11) is 0. The molecule has 0 amide bonds. The molecule has 1 saturated heterocycles. The summed E-state index contributed by atoms with van der Waals surface area (Å²) in [6, 6.07) is 12.9. The molecule has 0 spiro atoms. The van der Waals surface area contributed by atoms with Crippen molar-refractivity contribution in [1.82, 2.24) is 5.48 Å². The van der Waals surface area contributed by atoms with Crippen LogP contribution in [0, 0.1) is 5.92 Å². The SMILES string of the molecule is c1ccc2c3c(ccc2c1)OC[C@@H]1CON[C@H]31. The van der Waals surface area contributed by atoms with Crippen LogP contribution >= 0.6 is 0 Å². The highest BCUT2D eigenvalue weighted by Gasteiger charge is 2.36. The Balaban J connectivity index is 2.01. The maximum atomic E-state index is 5.83. The van der Waals surface area contributed by atoms with Gasteiger partial charge in [0, 0.05) is 11.5 Å². The Morgan fingerprint density at radius 3 is 3.00 bits per heavy atom. The Kier molecular flexibility index (Phi) is 1.92. The molecular formula is C14H13NO2. The van der Waals surface area contributed by atoms with Crippen LogP contribution in [0.2, 0.25) is 0 Å². The van der Waals surface area contributed by atoms with Gasteiger partial charge >= 0.3 is 0 Å². The summed E-state index contributed by atoms with van der Waals surface area (Å²) < 4.78 is 5.83. The Morgan fingerprint density at radius 1 is 1.06 bits per heavy atom. The van der Waals surface area contributed by atoms with Crippen molar-refractivity contribution in [1.29, 1.82) is 0 Å². The van der Waals surface area contributed by atoms with Crippen molar-refractivity contribution in [2.45, 2.75) is 6.04 Å². The number of fused-ring (bicyclic) bond motifs is 5. The quantitative estimate of drug-likeness (QED) is 0.749. The smallest absolute Gasteiger partial charge is 0.124 e. The van der Waals surface area contributed by atoms with E-state index < -0.39 is 0 Å². The molecule has 4 rings (SSSR count). The number of rotatable bonds is 0. The lowest BCUT2D eigenvalue weighted by Gasteiger charge is -2.28. The van der Waals surface area contributed by atoms with E-state index in [0.717, 1.165) is 19.0 Å². The summed E-state index contributed by atoms with van der Waals surface area (Å²) in [6.07, 6.45) is 0. The summed E-state index contributed by atoms with van der Waals surface area (Å²) in [4.78, 5) is 5.37. The Bertz CT molecular complexity index is 581. The normalized spacial score (nSPS) is 26.4. The first-order valence-corrected chi connectivity index (χ1v) is 5.95. The van der Waals surface area contributed by atoms with Crippen LogP contribution < -0.4 is 10.2 Å². The van der Waals surface area contributed by atoms with E-state index in [1.165, 1.54) is 16.3 Å². The van der Waals surface area contributed by atoms with Gasteiger partial charge < -0.3 is 9.57 Å². The van der Waals surface area contributed by atoms with Crippen molar-refractivity contribution < 1.29 is 9.57 Å². The highest BCUT2D eigenvalue weighted by atomic mass is 16.7. The van der Waals surface area contributed by atoms with Gasteiger partial charge in [0.15, 0.2) is 0 Å². The fourth-order valence-electron chi connectivity index (χ4n) is 2.80. The first-order chi connectivity index (χ1) is 8.43. The molecule has 0 aliphatic carbocycles. The van der Waals surface area contributed by atoms with Gasteiger partial charge in [-0.05, 0) is 16.8 Å². The number of ether oxygens (including phenoxy) is 1.